The standard InChI is InChI=1S/C18H22N2O/c1-4-14-8-6-7-9-17(14)20-18(21)15-10-11-16(19-5-2)13(3)12-15/h6-12,19H,4-5H2,1-3H3,(H,20,21). The van der Waals surface area contributed by atoms with Crippen molar-refractivity contribution in [3.63, 3.8) is 0 Å². The van der Waals surface area contributed by atoms with E-state index >= 15 is 0 Å². The van der Waals surface area contributed by atoms with Gasteiger partial charge in [-0.25, -0.2) is 0 Å². The number of aryl methyl sites for hydroxylation is 2. The number of rotatable bonds is 5. The van der Waals surface area contributed by atoms with Crippen LogP contribution in [-0.4, -0.2) is 12.5 Å². The molecule has 110 valence electrons. The summed E-state index contributed by atoms with van der Waals surface area (Å²) in [5.74, 6) is -0.0675. The lowest BCUT2D eigenvalue weighted by Gasteiger charge is -2.12. The van der Waals surface area contributed by atoms with Crippen LogP contribution in [0, 0.1) is 6.92 Å². The fourth-order valence-electron chi connectivity index (χ4n) is 2.34. The van der Waals surface area contributed by atoms with Crippen molar-refractivity contribution in [1.82, 2.24) is 0 Å². The predicted octanol–water partition coefficient (Wildman–Crippen LogP) is 4.24. The number of hydrogen-bond donors (Lipinski definition) is 2. The molecule has 0 saturated heterocycles. The molecule has 3 heteroatoms. The smallest absolute Gasteiger partial charge is 0.255 e. The Balaban J connectivity index is 2.19. The van der Waals surface area contributed by atoms with Crippen molar-refractivity contribution < 1.29 is 4.79 Å². The van der Waals surface area contributed by atoms with Crippen LogP contribution in [-0.2, 0) is 6.42 Å². The molecular weight excluding hydrogens is 260 g/mol. The maximum absolute atomic E-state index is 12.4. The van der Waals surface area contributed by atoms with Crippen LogP contribution in [0.3, 0.4) is 0 Å². The second-order valence-electron chi connectivity index (χ2n) is 5.02. The Morgan fingerprint density at radius 2 is 1.81 bits per heavy atom. The van der Waals surface area contributed by atoms with E-state index in [9.17, 15) is 4.79 Å². The molecule has 3 nitrogen and oxygen atoms in total. The Morgan fingerprint density at radius 3 is 2.48 bits per heavy atom. The molecular formula is C18H22N2O. The Labute approximate surface area is 126 Å². The molecule has 0 unspecified atom stereocenters. The van der Waals surface area contributed by atoms with Gasteiger partial charge in [0.2, 0.25) is 0 Å². The first-order chi connectivity index (χ1) is 10.2. The number of amides is 1. The predicted molar refractivity (Wildman–Crippen MR) is 89.1 cm³/mol. The summed E-state index contributed by atoms with van der Waals surface area (Å²) in [5.41, 5.74) is 4.86. The van der Waals surface area contributed by atoms with Gasteiger partial charge < -0.3 is 10.6 Å². The highest BCUT2D eigenvalue weighted by atomic mass is 16.1. The van der Waals surface area contributed by atoms with Gasteiger partial charge in [0.05, 0.1) is 0 Å². The average Bonchev–Trinajstić information content (AvgIpc) is 2.50. The summed E-state index contributed by atoms with van der Waals surface area (Å²) in [5, 5.41) is 6.28. The molecule has 2 aromatic rings. The Bertz CT molecular complexity index is 635. The molecule has 21 heavy (non-hydrogen) atoms. The highest BCUT2D eigenvalue weighted by Gasteiger charge is 2.09. The van der Waals surface area contributed by atoms with Gasteiger partial charge in [0.15, 0.2) is 0 Å². The third kappa shape index (κ3) is 3.63. The van der Waals surface area contributed by atoms with Crippen LogP contribution in [0.2, 0.25) is 0 Å². The van der Waals surface area contributed by atoms with Crippen molar-refractivity contribution in [3.05, 3.63) is 59.2 Å². The topological polar surface area (TPSA) is 41.1 Å². The van der Waals surface area contributed by atoms with Gasteiger partial charge in [-0.05, 0) is 55.7 Å². The fourth-order valence-corrected chi connectivity index (χ4v) is 2.34. The zero-order valence-electron chi connectivity index (χ0n) is 12.9. The minimum atomic E-state index is -0.0675. The second kappa shape index (κ2) is 6.93. The molecule has 0 radical (unpaired) electrons. The molecule has 0 heterocycles. The van der Waals surface area contributed by atoms with Crippen LogP contribution >= 0.6 is 0 Å². The largest absolute Gasteiger partial charge is 0.385 e. The van der Waals surface area contributed by atoms with E-state index in [0.717, 1.165) is 35.5 Å². The van der Waals surface area contributed by atoms with Crippen LogP contribution in [0.1, 0.15) is 35.3 Å². The van der Waals surface area contributed by atoms with E-state index in [-0.39, 0.29) is 5.91 Å². The molecule has 2 N–H and O–H groups in total. The van der Waals surface area contributed by atoms with Crippen molar-refractivity contribution in [2.45, 2.75) is 27.2 Å². The molecule has 2 rings (SSSR count). The quantitative estimate of drug-likeness (QED) is 0.861. The zero-order chi connectivity index (χ0) is 15.2. The molecule has 0 spiro atoms. The van der Waals surface area contributed by atoms with Gasteiger partial charge in [-0.3, -0.25) is 4.79 Å². The van der Waals surface area contributed by atoms with Crippen LogP contribution in [0.5, 0.6) is 0 Å². The van der Waals surface area contributed by atoms with Crippen LogP contribution in [0.25, 0.3) is 0 Å². The summed E-state index contributed by atoms with van der Waals surface area (Å²) in [7, 11) is 0. The van der Waals surface area contributed by atoms with Crippen LogP contribution in [0.15, 0.2) is 42.5 Å². The van der Waals surface area contributed by atoms with Gasteiger partial charge in [0.25, 0.3) is 5.91 Å². The second-order valence-corrected chi connectivity index (χ2v) is 5.02. The van der Waals surface area contributed by atoms with Crippen molar-refractivity contribution >= 4 is 17.3 Å². The minimum Gasteiger partial charge on any atom is -0.385 e. The molecule has 0 aliphatic rings. The van der Waals surface area contributed by atoms with Crippen molar-refractivity contribution in [2.75, 3.05) is 17.2 Å². The zero-order valence-corrected chi connectivity index (χ0v) is 12.9. The van der Waals surface area contributed by atoms with Crippen LogP contribution in [0.4, 0.5) is 11.4 Å². The summed E-state index contributed by atoms with van der Waals surface area (Å²) in [4.78, 5) is 12.4. The summed E-state index contributed by atoms with van der Waals surface area (Å²) in [6.07, 6.45) is 0.898. The number of carbonyl (C=O) groups is 1. The lowest BCUT2D eigenvalue weighted by molar-refractivity contribution is 0.102. The first-order valence-electron chi connectivity index (χ1n) is 7.39. The molecule has 1 amide bonds. The van der Waals surface area contributed by atoms with Crippen molar-refractivity contribution in [3.8, 4) is 0 Å². The number of para-hydroxylation sites is 1. The molecule has 0 atom stereocenters. The molecule has 0 fully saturated rings. The summed E-state index contributed by atoms with van der Waals surface area (Å²) < 4.78 is 0. The fraction of sp³-hybridized carbons (Fsp3) is 0.278. The van der Waals surface area contributed by atoms with E-state index < -0.39 is 0 Å². The highest BCUT2D eigenvalue weighted by Crippen LogP contribution is 2.19. The van der Waals surface area contributed by atoms with Gasteiger partial charge in [-0.15, -0.1) is 0 Å². The molecule has 0 aromatic heterocycles. The Hall–Kier alpha value is -2.29. The number of nitrogens with one attached hydrogen (secondary N) is 2. The van der Waals surface area contributed by atoms with E-state index in [2.05, 4.69) is 24.5 Å². The van der Waals surface area contributed by atoms with E-state index in [1.807, 2.05) is 49.4 Å². The summed E-state index contributed by atoms with van der Waals surface area (Å²) in [6, 6.07) is 13.6. The molecule has 0 aliphatic carbocycles. The maximum atomic E-state index is 12.4. The van der Waals surface area contributed by atoms with Gasteiger partial charge in [0, 0.05) is 23.5 Å². The Kier molecular flexibility index (Phi) is 4.99. The van der Waals surface area contributed by atoms with E-state index in [0.29, 0.717) is 5.56 Å². The Morgan fingerprint density at radius 1 is 1.05 bits per heavy atom. The summed E-state index contributed by atoms with van der Waals surface area (Å²) >= 11 is 0. The van der Waals surface area contributed by atoms with E-state index in [1.54, 1.807) is 0 Å². The molecule has 0 aliphatic heterocycles. The molecule has 0 bridgehead atoms. The average molecular weight is 282 g/mol. The van der Waals surface area contributed by atoms with Crippen molar-refractivity contribution in [1.29, 1.82) is 0 Å². The van der Waals surface area contributed by atoms with Gasteiger partial charge in [-0.2, -0.15) is 0 Å². The normalized spacial score (nSPS) is 10.2. The molecule has 0 saturated carbocycles. The lowest BCUT2D eigenvalue weighted by Crippen LogP contribution is -2.13. The number of anilines is 2. The number of benzene rings is 2. The highest BCUT2D eigenvalue weighted by molar-refractivity contribution is 6.05. The number of hydrogen-bond acceptors (Lipinski definition) is 2. The SMILES string of the molecule is CCNc1ccc(C(=O)Nc2ccccc2CC)cc1C. The molecule has 2 aromatic carbocycles. The summed E-state index contributed by atoms with van der Waals surface area (Å²) in [6.45, 7) is 7.02. The van der Waals surface area contributed by atoms with Gasteiger partial charge in [-0.1, -0.05) is 25.1 Å². The monoisotopic (exact) mass is 282 g/mol. The minimum absolute atomic E-state index is 0.0675. The third-order valence-corrected chi connectivity index (χ3v) is 3.50. The van der Waals surface area contributed by atoms with E-state index in [4.69, 9.17) is 0 Å². The first kappa shape index (κ1) is 15.1. The maximum Gasteiger partial charge on any atom is 0.255 e. The first-order valence-corrected chi connectivity index (χ1v) is 7.39. The number of carbonyl (C=O) groups excluding carboxylic acids is 1. The van der Waals surface area contributed by atoms with Crippen LogP contribution < -0.4 is 10.6 Å². The van der Waals surface area contributed by atoms with Crippen molar-refractivity contribution in [2.24, 2.45) is 0 Å². The van der Waals surface area contributed by atoms with E-state index in [1.165, 1.54) is 0 Å². The third-order valence-electron chi connectivity index (χ3n) is 3.50. The van der Waals surface area contributed by atoms with Gasteiger partial charge in [0.1, 0.15) is 0 Å². The lowest BCUT2D eigenvalue weighted by atomic mass is 10.1. The van der Waals surface area contributed by atoms with Gasteiger partial charge >= 0.3 is 0 Å².